The predicted molar refractivity (Wildman–Crippen MR) is 55.2 cm³/mol. The highest BCUT2D eigenvalue weighted by molar-refractivity contribution is 6.68. The Morgan fingerprint density at radius 2 is 2.19 bits per heavy atom. The molecular weight excluding hydrogens is 238 g/mol. The lowest BCUT2D eigenvalue weighted by molar-refractivity contribution is -0.385. The SMILES string of the molecule is COc1cc(C(=O)Cl)c(C=O)cc1[N+](=O)[O-]. The summed E-state index contributed by atoms with van der Waals surface area (Å²) in [5, 5.41) is 9.74. The summed E-state index contributed by atoms with van der Waals surface area (Å²) in [6.07, 6.45) is 0.321. The third kappa shape index (κ3) is 2.17. The molecule has 0 unspecified atom stereocenters. The van der Waals surface area contributed by atoms with Crippen molar-refractivity contribution in [3.05, 3.63) is 33.4 Å². The second-order valence-corrected chi connectivity index (χ2v) is 3.10. The maximum atomic E-state index is 11.0. The molecule has 0 spiro atoms. The summed E-state index contributed by atoms with van der Waals surface area (Å²) in [5.74, 6) is -0.125. The van der Waals surface area contributed by atoms with Crippen LogP contribution in [0.3, 0.4) is 0 Å². The number of methoxy groups -OCH3 is 1. The van der Waals surface area contributed by atoms with Crippen LogP contribution in [0.2, 0.25) is 0 Å². The molecular formula is C9H6ClNO5. The monoisotopic (exact) mass is 243 g/mol. The molecule has 7 heteroatoms. The average molecular weight is 244 g/mol. The first kappa shape index (κ1) is 12.1. The van der Waals surface area contributed by atoms with Crippen LogP contribution in [0.5, 0.6) is 5.75 Å². The molecule has 6 nitrogen and oxygen atoms in total. The number of nitro groups is 1. The van der Waals surface area contributed by atoms with E-state index >= 15 is 0 Å². The number of carbonyl (C=O) groups is 2. The molecule has 0 aliphatic carbocycles. The zero-order chi connectivity index (χ0) is 12.3. The van der Waals surface area contributed by atoms with E-state index in [1.54, 1.807) is 0 Å². The van der Waals surface area contributed by atoms with Crippen LogP contribution in [0.1, 0.15) is 20.7 Å². The molecule has 1 rings (SSSR count). The van der Waals surface area contributed by atoms with Crippen molar-refractivity contribution in [1.82, 2.24) is 0 Å². The van der Waals surface area contributed by atoms with E-state index in [2.05, 4.69) is 0 Å². The van der Waals surface area contributed by atoms with Crippen LogP contribution in [-0.4, -0.2) is 23.6 Å². The molecule has 1 aromatic rings. The molecule has 0 bridgehead atoms. The van der Waals surface area contributed by atoms with E-state index < -0.39 is 15.9 Å². The van der Waals surface area contributed by atoms with Crippen LogP contribution in [0.15, 0.2) is 12.1 Å². The first-order valence-electron chi connectivity index (χ1n) is 4.02. The van der Waals surface area contributed by atoms with E-state index in [1.165, 1.54) is 7.11 Å². The van der Waals surface area contributed by atoms with Crippen molar-refractivity contribution >= 4 is 28.8 Å². The van der Waals surface area contributed by atoms with Gasteiger partial charge in [0.15, 0.2) is 12.0 Å². The van der Waals surface area contributed by atoms with Gasteiger partial charge in [0.1, 0.15) is 0 Å². The summed E-state index contributed by atoms with van der Waals surface area (Å²) in [7, 11) is 1.21. The van der Waals surface area contributed by atoms with Crippen molar-refractivity contribution in [1.29, 1.82) is 0 Å². The molecule has 0 atom stereocenters. The molecule has 0 amide bonds. The molecule has 0 N–H and O–H groups in total. The highest BCUT2D eigenvalue weighted by Crippen LogP contribution is 2.30. The first-order valence-corrected chi connectivity index (χ1v) is 4.40. The van der Waals surface area contributed by atoms with Gasteiger partial charge in [-0.05, 0) is 11.6 Å². The molecule has 0 radical (unpaired) electrons. The Bertz CT molecular complexity index is 471. The molecule has 0 heterocycles. The van der Waals surface area contributed by atoms with Gasteiger partial charge < -0.3 is 4.74 Å². The maximum Gasteiger partial charge on any atom is 0.311 e. The van der Waals surface area contributed by atoms with Crippen LogP contribution < -0.4 is 4.74 Å². The topological polar surface area (TPSA) is 86.5 Å². The molecule has 16 heavy (non-hydrogen) atoms. The Hall–Kier alpha value is -1.95. The fourth-order valence-corrected chi connectivity index (χ4v) is 1.32. The molecule has 0 aromatic heterocycles. The Morgan fingerprint density at radius 1 is 1.56 bits per heavy atom. The summed E-state index contributed by atoms with van der Waals surface area (Å²) >= 11 is 5.22. The predicted octanol–water partition coefficient (Wildman–Crippen LogP) is 1.79. The van der Waals surface area contributed by atoms with Crippen LogP contribution >= 0.6 is 11.6 Å². The lowest BCUT2D eigenvalue weighted by Gasteiger charge is -2.04. The van der Waals surface area contributed by atoms with Crippen molar-refractivity contribution in [2.24, 2.45) is 0 Å². The first-order chi connectivity index (χ1) is 7.51. The lowest BCUT2D eigenvalue weighted by Crippen LogP contribution is -2.01. The zero-order valence-corrected chi connectivity index (χ0v) is 8.85. The highest BCUT2D eigenvalue weighted by Gasteiger charge is 2.21. The number of hydrogen-bond acceptors (Lipinski definition) is 5. The van der Waals surface area contributed by atoms with Crippen LogP contribution in [0.4, 0.5) is 5.69 Å². The molecule has 0 fully saturated rings. The fraction of sp³-hybridized carbons (Fsp3) is 0.111. The second-order valence-electron chi connectivity index (χ2n) is 2.76. The molecule has 1 aromatic carbocycles. The standard InChI is InChI=1S/C9H6ClNO5/c1-16-8-3-6(9(10)13)5(4-12)2-7(8)11(14)15/h2-4H,1H3. The summed E-state index contributed by atoms with van der Waals surface area (Å²) in [5.41, 5.74) is -0.669. The summed E-state index contributed by atoms with van der Waals surface area (Å²) in [4.78, 5) is 31.5. The summed E-state index contributed by atoms with van der Waals surface area (Å²) in [6, 6.07) is 2.01. The van der Waals surface area contributed by atoms with Crippen LogP contribution in [0, 0.1) is 10.1 Å². The van der Waals surface area contributed by atoms with Gasteiger partial charge in [-0.2, -0.15) is 0 Å². The van der Waals surface area contributed by atoms with E-state index in [1.807, 2.05) is 0 Å². The van der Waals surface area contributed by atoms with Crippen molar-refractivity contribution in [3.8, 4) is 5.75 Å². The van der Waals surface area contributed by atoms with E-state index in [0.717, 1.165) is 12.1 Å². The minimum Gasteiger partial charge on any atom is -0.490 e. The number of ether oxygens (including phenoxy) is 1. The number of hydrogen-bond donors (Lipinski definition) is 0. The zero-order valence-electron chi connectivity index (χ0n) is 8.10. The normalized spacial score (nSPS) is 9.62. The van der Waals surface area contributed by atoms with Gasteiger partial charge in [0.05, 0.1) is 12.0 Å². The van der Waals surface area contributed by atoms with Crippen molar-refractivity contribution in [2.45, 2.75) is 0 Å². The van der Waals surface area contributed by atoms with Gasteiger partial charge in [-0.3, -0.25) is 19.7 Å². The smallest absolute Gasteiger partial charge is 0.311 e. The number of nitro benzene ring substituents is 1. The van der Waals surface area contributed by atoms with Crippen LogP contribution in [-0.2, 0) is 0 Å². The lowest BCUT2D eigenvalue weighted by atomic mass is 10.1. The van der Waals surface area contributed by atoms with E-state index in [9.17, 15) is 19.7 Å². The van der Waals surface area contributed by atoms with E-state index in [4.69, 9.17) is 16.3 Å². The third-order valence-electron chi connectivity index (χ3n) is 1.89. The Morgan fingerprint density at radius 3 is 2.56 bits per heavy atom. The second kappa shape index (κ2) is 4.71. The average Bonchev–Trinajstić information content (AvgIpc) is 2.26. The minimum atomic E-state index is -0.879. The molecule has 84 valence electrons. The van der Waals surface area contributed by atoms with E-state index in [0.29, 0.717) is 6.29 Å². The van der Waals surface area contributed by atoms with Gasteiger partial charge in [0.2, 0.25) is 0 Å². The Balaban J connectivity index is 3.52. The molecule has 0 saturated heterocycles. The summed E-state index contributed by atoms with van der Waals surface area (Å²) in [6.45, 7) is 0. The minimum absolute atomic E-state index is 0.125. The Kier molecular flexibility index (Phi) is 3.57. The summed E-state index contributed by atoms with van der Waals surface area (Å²) < 4.78 is 4.73. The number of aldehydes is 1. The van der Waals surface area contributed by atoms with Gasteiger partial charge in [-0.1, -0.05) is 0 Å². The number of rotatable bonds is 4. The van der Waals surface area contributed by atoms with Crippen molar-refractivity contribution < 1.29 is 19.2 Å². The van der Waals surface area contributed by atoms with Gasteiger partial charge in [-0.15, -0.1) is 0 Å². The third-order valence-corrected chi connectivity index (χ3v) is 2.09. The number of nitrogens with zero attached hydrogens (tertiary/aromatic N) is 1. The van der Waals surface area contributed by atoms with E-state index in [-0.39, 0.29) is 16.9 Å². The van der Waals surface area contributed by atoms with Crippen LogP contribution in [0.25, 0.3) is 0 Å². The van der Waals surface area contributed by atoms with Gasteiger partial charge >= 0.3 is 5.69 Å². The molecule has 0 saturated carbocycles. The quantitative estimate of drug-likeness (QED) is 0.348. The van der Waals surface area contributed by atoms with Gasteiger partial charge in [-0.25, -0.2) is 0 Å². The van der Waals surface area contributed by atoms with Crippen molar-refractivity contribution in [3.63, 3.8) is 0 Å². The van der Waals surface area contributed by atoms with Gasteiger partial charge in [0.25, 0.3) is 5.24 Å². The largest absolute Gasteiger partial charge is 0.490 e. The number of benzene rings is 1. The Labute approximate surface area is 94.9 Å². The fourth-order valence-electron chi connectivity index (χ4n) is 1.16. The van der Waals surface area contributed by atoms with Gasteiger partial charge in [0, 0.05) is 23.3 Å². The molecule has 0 aliphatic heterocycles. The molecule has 0 aliphatic rings. The number of carbonyl (C=O) groups excluding carboxylic acids is 2. The number of halogens is 1. The van der Waals surface area contributed by atoms with Crippen molar-refractivity contribution in [2.75, 3.05) is 7.11 Å². The highest BCUT2D eigenvalue weighted by atomic mass is 35.5. The maximum absolute atomic E-state index is 11.0.